The van der Waals surface area contributed by atoms with E-state index in [1.165, 1.54) is 0 Å². The molecule has 57 heavy (non-hydrogen) atoms. The maximum absolute atomic E-state index is 5.55. The third kappa shape index (κ3) is 12.8. The monoisotopic (exact) mass is 874 g/mol. The fourth-order valence-corrected chi connectivity index (χ4v) is 7.57. The number of nitrogens with zero attached hydrogens (tertiary/aromatic N) is 8. The highest BCUT2D eigenvalue weighted by molar-refractivity contribution is 9.10. The van der Waals surface area contributed by atoms with Crippen LogP contribution in [0.4, 0.5) is 39.0 Å². The van der Waals surface area contributed by atoms with Gasteiger partial charge in [-0.15, -0.1) is 0 Å². The number of anilines is 7. The molecule has 8 rings (SSSR count). The molecule has 19 heteroatoms. The Morgan fingerprint density at radius 1 is 0.614 bits per heavy atom. The second-order valence-corrected chi connectivity index (χ2v) is 15.4. The first-order chi connectivity index (χ1) is 28.0. The van der Waals surface area contributed by atoms with Gasteiger partial charge in [0.2, 0.25) is 0 Å². The second-order valence-electron chi connectivity index (χ2n) is 12.5. The van der Waals surface area contributed by atoms with Gasteiger partial charge in [0.15, 0.2) is 10.3 Å². The lowest BCUT2D eigenvalue weighted by Crippen LogP contribution is -2.36. The van der Waals surface area contributed by atoms with Crippen LogP contribution in [0.5, 0.6) is 0 Å². The SMILES string of the molecule is Brc1cncc(-c2cnc(Nc3cc(N4CCOCC4)ccn3)s2)c1.NCCN.NCCNc1cncc(-c2cnc(Nc3cc(N4CCOCC4)ccn3)s2)c1. The van der Waals surface area contributed by atoms with Crippen molar-refractivity contribution in [3.05, 3.63) is 90.4 Å². The molecule has 0 saturated carbocycles. The Bertz CT molecular complexity index is 2110. The topological polar surface area (TPSA) is 216 Å². The Hall–Kier alpha value is -4.86. The quantitative estimate of drug-likeness (QED) is 0.0908. The molecule has 0 aliphatic carbocycles. The summed E-state index contributed by atoms with van der Waals surface area (Å²) in [5.74, 6) is 1.57. The number of hydrogen-bond acceptors (Lipinski definition) is 18. The second kappa shape index (κ2) is 22.2. The number of ether oxygens (including phenoxy) is 2. The summed E-state index contributed by atoms with van der Waals surface area (Å²) in [5.41, 5.74) is 20.6. The van der Waals surface area contributed by atoms with Gasteiger partial charge < -0.3 is 52.4 Å². The van der Waals surface area contributed by atoms with Gasteiger partial charge in [0.05, 0.1) is 41.9 Å². The van der Waals surface area contributed by atoms with E-state index in [1.807, 2.05) is 67.5 Å². The van der Waals surface area contributed by atoms with E-state index >= 15 is 0 Å². The first-order valence-electron chi connectivity index (χ1n) is 18.4. The lowest BCUT2D eigenvalue weighted by molar-refractivity contribution is 0.122. The van der Waals surface area contributed by atoms with Crippen LogP contribution in [-0.2, 0) is 9.47 Å². The minimum absolute atomic E-state index is 0.579. The Morgan fingerprint density at radius 2 is 1.12 bits per heavy atom. The van der Waals surface area contributed by atoms with Crippen molar-refractivity contribution < 1.29 is 9.47 Å². The zero-order valence-corrected chi connectivity index (χ0v) is 34.6. The van der Waals surface area contributed by atoms with Crippen molar-refractivity contribution in [3.63, 3.8) is 0 Å². The van der Waals surface area contributed by atoms with E-state index in [4.69, 9.17) is 26.7 Å². The lowest BCUT2D eigenvalue weighted by atomic mass is 10.2. The number of thiazole rings is 2. The standard InChI is InChI=1S/C19H23N7OS.C17H16BrN5OS.C2H8N2/c20-2-4-22-15-9-14(11-21-12-15)17-13-24-19(28-17)25-18-10-16(1-3-23-18)26-5-7-27-8-6-26;18-13-7-12(9-19-10-13)15-11-21-17(25-15)22-16-8-14(1-2-20-16)23-3-5-24-6-4-23;3-1-2-4/h1,3,9-13,22H,2,4-8,20H2,(H,23,24,25);1-2,7-11H,3-6H2,(H,20,21,22);1-4H2. The summed E-state index contributed by atoms with van der Waals surface area (Å²) in [4.78, 5) is 33.0. The highest BCUT2D eigenvalue weighted by atomic mass is 79.9. The molecular weight excluding hydrogens is 829 g/mol. The summed E-state index contributed by atoms with van der Waals surface area (Å²) < 4.78 is 11.8. The summed E-state index contributed by atoms with van der Waals surface area (Å²) in [6, 6.07) is 12.2. The molecule has 9 N–H and O–H groups in total. The van der Waals surface area contributed by atoms with Gasteiger partial charge in [-0.25, -0.2) is 19.9 Å². The summed E-state index contributed by atoms with van der Waals surface area (Å²) in [7, 11) is 0. The fraction of sp³-hybridized carbons (Fsp3) is 0.316. The van der Waals surface area contributed by atoms with Gasteiger partial charge in [0.1, 0.15) is 11.6 Å². The molecular formula is C38H47BrN14O2S2. The summed E-state index contributed by atoms with van der Waals surface area (Å²) in [6.45, 7) is 9.13. The Labute approximate surface area is 348 Å². The Morgan fingerprint density at radius 3 is 1.61 bits per heavy atom. The van der Waals surface area contributed by atoms with Gasteiger partial charge in [-0.3, -0.25) is 9.97 Å². The van der Waals surface area contributed by atoms with E-state index in [9.17, 15) is 0 Å². The van der Waals surface area contributed by atoms with Crippen molar-refractivity contribution in [1.82, 2.24) is 29.9 Å². The molecule has 6 aromatic rings. The zero-order chi connectivity index (χ0) is 39.7. The van der Waals surface area contributed by atoms with Crippen LogP contribution in [0.25, 0.3) is 20.9 Å². The van der Waals surface area contributed by atoms with Crippen LogP contribution < -0.4 is 43.0 Å². The number of pyridine rings is 4. The number of rotatable bonds is 12. The van der Waals surface area contributed by atoms with Crippen molar-refractivity contribution >= 4 is 77.6 Å². The van der Waals surface area contributed by atoms with Crippen LogP contribution in [0.15, 0.2) is 90.4 Å². The molecule has 0 aromatic carbocycles. The molecule has 300 valence electrons. The molecule has 0 amide bonds. The molecule has 8 heterocycles. The maximum atomic E-state index is 5.55. The number of aromatic nitrogens is 6. The maximum Gasteiger partial charge on any atom is 0.188 e. The van der Waals surface area contributed by atoms with E-state index < -0.39 is 0 Å². The number of halogens is 1. The number of hydrogen-bond donors (Lipinski definition) is 6. The van der Waals surface area contributed by atoms with Gasteiger partial charge in [0, 0.05) is 141 Å². The normalized spacial score (nSPS) is 13.8. The van der Waals surface area contributed by atoms with Crippen LogP contribution in [-0.4, -0.2) is 109 Å². The van der Waals surface area contributed by atoms with E-state index in [1.54, 1.807) is 35.1 Å². The first kappa shape index (κ1) is 41.8. The minimum Gasteiger partial charge on any atom is -0.383 e. The van der Waals surface area contributed by atoms with Crippen LogP contribution in [0.3, 0.4) is 0 Å². The van der Waals surface area contributed by atoms with Crippen LogP contribution in [0.2, 0.25) is 0 Å². The van der Waals surface area contributed by atoms with Crippen molar-refractivity contribution in [2.75, 3.05) is 105 Å². The molecule has 2 aliphatic rings. The summed E-state index contributed by atoms with van der Waals surface area (Å²) >= 11 is 6.59. The number of nitrogens with two attached hydrogens (primary N) is 3. The van der Waals surface area contributed by atoms with Crippen LogP contribution >= 0.6 is 38.6 Å². The van der Waals surface area contributed by atoms with Crippen LogP contribution in [0, 0.1) is 0 Å². The Balaban J connectivity index is 0.000000177. The van der Waals surface area contributed by atoms with E-state index in [2.05, 4.69) is 77.7 Å². The molecule has 0 bridgehead atoms. The largest absolute Gasteiger partial charge is 0.383 e. The van der Waals surface area contributed by atoms with Crippen molar-refractivity contribution in [2.45, 2.75) is 0 Å². The van der Waals surface area contributed by atoms with E-state index in [0.717, 1.165) is 117 Å². The summed E-state index contributed by atoms with van der Waals surface area (Å²) in [5, 5.41) is 11.4. The molecule has 0 spiro atoms. The van der Waals surface area contributed by atoms with Crippen molar-refractivity contribution in [2.24, 2.45) is 17.2 Å². The van der Waals surface area contributed by atoms with Crippen molar-refractivity contribution in [3.8, 4) is 20.9 Å². The molecule has 2 saturated heterocycles. The average molecular weight is 876 g/mol. The molecule has 2 fully saturated rings. The predicted molar refractivity (Wildman–Crippen MR) is 235 cm³/mol. The van der Waals surface area contributed by atoms with Crippen molar-refractivity contribution in [1.29, 1.82) is 0 Å². The predicted octanol–water partition coefficient (Wildman–Crippen LogP) is 5.40. The Kier molecular flexibility index (Phi) is 16.2. The lowest BCUT2D eigenvalue weighted by Gasteiger charge is -2.28. The summed E-state index contributed by atoms with van der Waals surface area (Å²) in [6.07, 6.45) is 14.6. The highest BCUT2D eigenvalue weighted by Gasteiger charge is 2.14. The van der Waals surface area contributed by atoms with Gasteiger partial charge in [0.25, 0.3) is 0 Å². The van der Waals surface area contributed by atoms with Crippen LogP contribution in [0.1, 0.15) is 0 Å². The third-order valence-electron chi connectivity index (χ3n) is 8.37. The highest BCUT2D eigenvalue weighted by Crippen LogP contribution is 2.33. The molecule has 0 radical (unpaired) electrons. The average Bonchev–Trinajstić information content (AvgIpc) is 3.94. The molecule has 16 nitrogen and oxygen atoms in total. The van der Waals surface area contributed by atoms with Gasteiger partial charge in [-0.05, 0) is 40.2 Å². The number of nitrogens with one attached hydrogen (secondary N) is 3. The third-order valence-corrected chi connectivity index (χ3v) is 10.7. The first-order valence-corrected chi connectivity index (χ1v) is 20.9. The van der Waals surface area contributed by atoms with Gasteiger partial charge in [-0.2, -0.15) is 0 Å². The zero-order valence-electron chi connectivity index (χ0n) is 31.4. The minimum atomic E-state index is 0.579. The van der Waals surface area contributed by atoms with Gasteiger partial charge in [-0.1, -0.05) is 22.7 Å². The molecule has 6 aromatic heterocycles. The number of morpholine rings is 2. The smallest absolute Gasteiger partial charge is 0.188 e. The fourth-order valence-electron chi connectivity index (χ4n) is 5.60. The molecule has 0 atom stereocenters. The van der Waals surface area contributed by atoms with Gasteiger partial charge >= 0.3 is 0 Å². The van der Waals surface area contributed by atoms with E-state index in [0.29, 0.717) is 26.2 Å². The molecule has 2 aliphatic heterocycles. The molecule has 0 unspecified atom stereocenters. The van der Waals surface area contributed by atoms with E-state index in [-0.39, 0.29) is 0 Å².